The summed E-state index contributed by atoms with van der Waals surface area (Å²) in [6.45, 7) is 4.94. The standard InChI is InChI=1S/C14H22N2O3/c1-2-12-3-4-13(19-12)9-11(10-15)14(17)16-5-7-18-8-6-16/h3-4,11H,2,5-10,15H2,1H3. The number of aryl methyl sites for hydroxylation is 1. The van der Waals surface area contributed by atoms with Crippen LogP contribution in [0.3, 0.4) is 0 Å². The molecular weight excluding hydrogens is 244 g/mol. The Balaban J connectivity index is 1.96. The van der Waals surface area contributed by atoms with Crippen LogP contribution in [-0.2, 0) is 22.4 Å². The van der Waals surface area contributed by atoms with Crippen LogP contribution in [0.4, 0.5) is 0 Å². The van der Waals surface area contributed by atoms with Gasteiger partial charge >= 0.3 is 0 Å². The van der Waals surface area contributed by atoms with Gasteiger partial charge in [-0.1, -0.05) is 6.92 Å². The Bertz CT molecular complexity index is 411. The monoisotopic (exact) mass is 266 g/mol. The molecule has 1 unspecified atom stereocenters. The number of carbonyl (C=O) groups is 1. The molecule has 1 saturated heterocycles. The Morgan fingerprint density at radius 3 is 2.63 bits per heavy atom. The maximum absolute atomic E-state index is 12.4. The summed E-state index contributed by atoms with van der Waals surface area (Å²) in [7, 11) is 0. The van der Waals surface area contributed by atoms with Crippen LogP contribution in [0, 0.1) is 5.92 Å². The van der Waals surface area contributed by atoms with E-state index in [1.54, 1.807) is 0 Å². The molecule has 0 aromatic carbocycles. The molecule has 1 aromatic heterocycles. The molecule has 5 heteroatoms. The number of hydrogen-bond acceptors (Lipinski definition) is 4. The molecule has 1 aliphatic heterocycles. The molecular formula is C14H22N2O3. The highest BCUT2D eigenvalue weighted by molar-refractivity contribution is 5.79. The van der Waals surface area contributed by atoms with Crippen molar-refractivity contribution in [1.82, 2.24) is 4.90 Å². The molecule has 1 amide bonds. The van der Waals surface area contributed by atoms with E-state index in [4.69, 9.17) is 14.9 Å². The van der Waals surface area contributed by atoms with Gasteiger partial charge in [0.1, 0.15) is 11.5 Å². The molecule has 1 aliphatic rings. The smallest absolute Gasteiger partial charge is 0.227 e. The van der Waals surface area contributed by atoms with Crippen molar-refractivity contribution >= 4 is 5.91 Å². The predicted molar refractivity (Wildman–Crippen MR) is 71.7 cm³/mol. The van der Waals surface area contributed by atoms with Crippen LogP contribution in [0.25, 0.3) is 0 Å². The highest BCUT2D eigenvalue weighted by atomic mass is 16.5. The lowest BCUT2D eigenvalue weighted by Gasteiger charge is -2.29. The van der Waals surface area contributed by atoms with E-state index in [9.17, 15) is 4.79 Å². The fraction of sp³-hybridized carbons (Fsp3) is 0.643. The van der Waals surface area contributed by atoms with Gasteiger partial charge in [0.15, 0.2) is 0 Å². The van der Waals surface area contributed by atoms with Crippen molar-refractivity contribution in [2.75, 3.05) is 32.8 Å². The molecule has 1 aromatic rings. The van der Waals surface area contributed by atoms with E-state index >= 15 is 0 Å². The molecule has 2 heterocycles. The van der Waals surface area contributed by atoms with Crippen LogP contribution in [0.5, 0.6) is 0 Å². The van der Waals surface area contributed by atoms with E-state index in [0.29, 0.717) is 39.3 Å². The Morgan fingerprint density at radius 1 is 1.37 bits per heavy atom. The molecule has 0 spiro atoms. The largest absolute Gasteiger partial charge is 0.466 e. The van der Waals surface area contributed by atoms with Gasteiger partial charge in [0.25, 0.3) is 0 Å². The second-order valence-electron chi connectivity index (χ2n) is 4.80. The number of amides is 1. The average molecular weight is 266 g/mol. The molecule has 5 nitrogen and oxygen atoms in total. The molecule has 0 saturated carbocycles. The number of furan rings is 1. The first kappa shape index (κ1) is 14.1. The summed E-state index contributed by atoms with van der Waals surface area (Å²) in [5.74, 6) is 1.70. The minimum absolute atomic E-state index is 0.111. The molecule has 0 aliphatic carbocycles. The van der Waals surface area contributed by atoms with Crippen molar-refractivity contribution < 1.29 is 13.9 Å². The van der Waals surface area contributed by atoms with Crippen LogP contribution < -0.4 is 5.73 Å². The predicted octanol–water partition coefficient (Wildman–Crippen LogP) is 0.818. The van der Waals surface area contributed by atoms with E-state index in [1.165, 1.54) is 0 Å². The fourth-order valence-electron chi connectivity index (χ4n) is 2.28. The van der Waals surface area contributed by atoms with Gasteiger partial charge in [0, 0.05) is 32.5 Å². The van der Waals surface area contributed by atoms with Gasteiger partial charge in [-0.05, 0) is 12.1 Å². The summed E-state index contributed by atoms with van der Waals surface area (Å²) in [6, 6.07) is 3.90. The zero-order valence-corrected chi connectivity index (χ0v) is 11.4. The van der Waals surface area contributed by atoms with Gasteiger partial charge in [-0.25, -0.2) is 0 Å². The van der Waals surface area contributed by atoms with Crippen LogP contribution in [0.2, 0.25) is 0 Å². The maximum Gasteiger partial charge on any atom is 0.227 e. The SMILES string of the molecule is CCc1ccc(CC(CN)C(=O)N2CCOCC2)o1. The highest BCUT2D eigenvalue weighted by Crippen LogP contribution is 2.15. The van der Waals surface area contributed by atoms with Crippen LogP contribution in [0.15, 0.2) is 16.5 Å². The lowest BCUT2D eigenvalue weighted by molar-refractivity contribution is -0.139. The van der Waals surface area contributed by atoms with Crippen molar-refractivity contribution in [1.29, 1.82) is 0 Å². The van der Waals surface area contributed by atoms with Crippen molar-refractivity contribution in [2.24, 2.45) is 11.7 Å². The summed E-state index contributed by atoms with van der Waals surface area (Å²) in [4.78, 5) is 14.2. The number of carbonyl (C=O) groups excluding carboxylic acids is 1. The quantitative estimate of drug-likeness (QED) is 0.856. The van der Waals surface area contributed by atoms with Gasteiger partial charge in [0.2, 0.25) is 5.91 Å². The van der Waals surface area contributed by atoms with Crippen molar-refractivity contribution in [3.63, 3.8) is 0 Å². The number of nitrogens with two attached hydrogens (primary N) is 1. The van der Waals surface area contributed by atoms with Gasteiger partial charge in [-0.2, -0.15) is 0 Å². The Hall–Kier alpha value is -1.33. The minimum atomic E-state index is -0.200. The molecule has 19 heavy (non-hydrogen) atoms. The van der Waals surface area contributed by atoms with Crippen molar-refractivity contribution in [3.8, 4) is 0 Å². The second-order valence-corrected chi connectivity index (χ2v) is 4.80. The molecule has 1 atom stereocenters. The Morgan fingerprint density at radius 2 is 2.05 bits per heavy atom. The zero-order chi connectivity index (χ0) is 13.7. The third kappa shape index (κ3) is 3.58. The van der Waals surface area contributed by atoms with Gasteiger partial charge in [-0.3, -0.25) is 4.79 Å². The summed E-state index contributed by atoms with van der Waals surface area (Å²) in [5, 5.41) is 0. The zero-order valence-electron chi connectivity index (χ0n) is 11.4. The molecule has 1 fully saturated rings. The van der Waals surface area contributed by atoms with Crippen LogP contribution in [-0.4, -0.2) is 43.7 Å². The Kier molecular flexibility index (Phi) is 4.99. The number of hydrogen-bond donors (Lipinski definition) is 1. The lowest BCUT2D eigenvalue weighted by Crippen LogP contribution is -2.45. The summed E-state index contributed by atoms with van der Waals surface area (Å²) in [6.07, 6.45) is 1.44. The lowest BCUT2D eigenvalue weighted by atomic mass is 10.0. The van der Waals surface area contributed by atoms with Crippen LogP contribution >= 0.6 is 0 Å². The highest BCUT2D eigenvalue weighted by Gasteiger charge is 2.25. The maximum atomic E-state index is 12.4. The number of rotatable bonds is 5. The molecule has 0 bridgehead atoms. The Labute approximate surface area is 113 Å². The molecule has 106 valence electrons. The van der Waals surface area contributed by atoms with Crippen molar-refractivity contribution in [3.05, 3.63) is 23.7 Å². The van der Waals surface area contributed by atoms with E-state index in [1.807, 2.05) is 24.0 Å². The van der Waals surface area contributed by atoms with Crippen molar-refractivity contribution in [2.45, 2.75) is 19.8 Å². The van der Waals surface area contributed by atoms with E-state index < -0.39 is 0 Å². The van der Waals surface area contributed by atoms with E-state index in [2.05, 4.69) is 0 Å². The summed E-state index contributed by atoms with van der Waals surface area (Å²) in [5.41, 5.74) is 5.75. The average Bonchev–Trinajstić information content (AvgIpc) is 2.92. The van der Waals surface area contributed by atoms with E-state index in [-0.39, 0.29) is 11.8 Å². The second kappa shape index (κ2) is 6.73. The first-order valence-corrected chi connectivity index (χ1v) is 6.88. The fourth-order valence-corrected chi connectivity index (χ4v) is 2.28. The molecule has 2 N–H and O–H groups in total. The van der Waals surface area contributed by atoms with Crippen LogP contribution in [0.1, 0.15) is 18.4 Å². The first-order valence-electron chi connectivity index (χ1n) is 6.88. The number of nitrogens with zero attached hydrogens (tertiary/aromatic N) is 1. The van der Waals surface area contributed by atoms with Gasteiger partial charge < -0.3 is 19.8 Å². The molecule has 0 radical (unpaired) electrons. The topological polar surface area (TPSA) is 68.7 Å². The van der Waals surface area contributed by atoms with E-state index in [0.717, 1.165) is 17.9 Å². The van der Waals surface area contributed by atoms with Gasteiger partial charge in [0.05, 0.1) is 19.1 Å². The van der Waals surface area contributed by atoms with Gasteiger partial charge in [-0.15, -0.1) is 0 Å². The minimum Gasteiger partial charge on any atom is -0.466 e. The normalized spacial score (nSPS) is 17.5. The third-order valence-electron chi connectivity index (χ3n) is 3.47. The summed E-state index contributed by atoms with van der Waals surface area (Å²) >= 11 is 0. The third-order valence-corrected chi connectivity index (χ3v) is 3.47. The molecule has 2 rings (SSSR count). The number of ether oxygens (including phenoxy) is 1. The number of morpholine rings is 1. The first-order chi connectivity index (χ1) is 9.24. The summed E-state index contributed by atoms with van der Waals surface area (Å²) < 4.78 is 10.9.